The Morgan fingerprint density at radius 3 is 2.58 bits per heavy atom. The highest BCUT2D eigenvalue weighted by molar-refractivity contribution is 6.33. The molecule has 1 aromatic rings. The summed E-state index contributed by atoms with van der Waals surface area (Å²) in [4.78, 5) is 16.4. The van der Waals surface area contributed by atoms with E-state index >= 15 is 0 Å². The summed E-state index contributed by atoms with van der Waals surface area (Å²) in [5.74, 6) is 5.13. The van der Waals surface area contributed by atoms with Crippen molar-refractivity contribution in [2.45, 2.75) is 39.4 Å². The maximum Gasteiger partial charge on any atom is 0.412 e. The summed E-state index contributed by atoms with van der Waals surface area (Å²) in [6.07, 6.45) is -0.857. The fourth-order valence-electron chi connectivity index (χ4n) is 1.38. The lowest BCUT2D eigenvalue weighted by molar-refractivity contribution is 0.0633. The van der Waals surface area contributed by atoms with Crippen LogP contribution in [0, 0.1) is 0 Å². The topological polar surface area (TPSA) is 73.6 Å². The zero-order chi connectivity index (χ0) is 14.6. The standard InChI is InChI=1S/C13H19ClN2O3/c1-8(19-15)9-5-6-10(14)11(7-9)16-12(17)18-13(2,3)4/h5-8H,15H2,1-4H3,(H,16,17). The lowest BCUT2D eigenvalue weighted by Crippen LogP contribution is -2.27. The van der Waals surface area contributed by atoms with Crippen LogP contribution in [0.15, 0.2) is 18.2 Å². The van der Waals surface area contributed by atoms with Gasteiger partial charge in [0, 0.05) is 0 Å². The number of nitrogens with one attached hydrogen (secondary N) is 1. The van der Waals surface area contributed by atoms with Gasteiger partial charge in [-0.15, -0.1) is 0 Å². The van der Waals surface area contributed by atoms with E-state index in [4.69, 9.17) is 27.1 Å². The van der Waals surface area contributed by atoms with Crippen molar-refractivity contribution in [2.75, 3.05) is 5.32 Å². The van der Waals surface area contributed by atoms with E-state index in [-0.39, 0.29) is 6.10 Å². The van der Waals surface area contributed by atoms with E-state index < -0.39 is 11.7 Å². The van der Waals surface area contributed by atoms with Crippen LogP contribution < -0.4 is 11.2 Å². The number of anilines is 1. The third-order valence-electron chi connectivity index (χ3n) is 2.30. The van der Waals surface area contributed by atoms with Gasteiger partial charge in [0.1, 0.15) is 11.7 Å². The zero-order valence-corrected chi connectivity index (χ0v) is 12.2. The van der Waals surface area contributed by atoms with Crippen molar-refractivity contribution in [1.82, 2.24) is 0 Å². The SMILES string of the molecule is CC(ON)c1ccc(Cl)c(NC(=O)OC(C)(C)C)c1. The Bertz CT molecular complexity index is 458. The molecule has 5 nitrogen and oxygen atoms in total. The van der Waals surface area contributed by atoms with Crippen LogP contribution in [0.3, 0.4) is 0 Å². The summed E-state index contributed by atoms with van der Waals surface area (Å²) < 4.78 is 5.16. The highest BCUT2D eigenvalue weighted by atomic mass is 35.5. The van der Waals surface area contributed by atoms with E-state index in [2.05, 4.69) is 5.32 Å². The van der Waals surface area contributed by atoms with Crippen molar-refractivity contribution in [1.29, 1.82) is 0 Å². The number of rotatable bonds is 3. The van der Waals surface area contributed by atoms with Crippen LogP contribution in [-0.4, -0.2) is 11.7 Å². The van der Waals surface area contributed by atoms with Crippen molar-refractivity contribution >= 4 is 23.4 Å². The molecule has 19 heavy (non-hydrogen) atoms. The molecule has 0 fully saturated rings. The summed E-state index contributed by atoms with van der Waals surface area (Å²) in [6, 6.07) is 5.14. The number of carbonyl (C=O) groups is 1. The summed E-state index contributed by atoms with van der Waals surface area (Å²) in [7, 11) is 0. The Morgan fingerprint density at radius 1 is 1.42 bits per heavy atom. The molecular weight excluding hydrogens is 268 g/mol. The molecule has 6 heteroatoms. The maximum atomic E-state index is 11.7. The van der Waals surface area contributed by atoms with Gasteiger partial charge >= 0.3 is 6.09 Å². The van der Waals surface area contributed by atoms with Crippen LogP contribution in [0.5, 0.6) is 0 Å². The number of hydrogen-bond acceptors (Lipinski definition) is 4. The Morgan fingerprint density at radius 2 is 2.05 bits per heavy atom. The third-order valence-corrected chi connectivity index (χ3v) is 2.63. The van der Waals surface area contributed by atoms with Gasteiger partial charge in [0.05, 0.1) is 10.7 Å². The average Bonchev–Trinajstić information content (AvgIpc) is 2.28. The maximum absolute atomic E-state index is 11.7. The number of nitrogens with two attached hydrogens (primary N) is 1. The number of carbonyl (C=O) groups excluding carboxylic acids is 1. The molecule has 1 atom stereocenters. The first-order valence-corrected chi connectivity index (χ1v) is 6.25. The van der Waals surface area contributed by atoms with Crippen molar-refractivity contribution in [3.8, 4) is 0 Å². The number of benzene rings is 1. The number of hydrogen-bond donors (Lipinski definition) is 2. The van der Waals surface area contributed by atoms with Gasteiger partial charge in [0.15, 0.2) is 0 Å². The monoisotopic (exact) mass is 286 g/mol. The first kappa shape index (κ1) is 15.8. The molecule has 3 N–H and O–H groups in total. The highest BCUT2D eigenvalue weighted by Crippen LogP contribution is 2.27. The summed E-state index contributed by atoms with van der Waals surface area (Å²) in [5, 5.41) is 3.01. The molecule has 1 aromatic carbocycles. The first-order chi connectivity index (χ1) is 8.73. The molecule has 0 aliphatic rings. The van der Waals surface area contributed by atoms with Gasteiger partial charge in [-0.2, -0.15) is 0 Å². The molecule has 106 valence electrons. The van der Waals surface area contributed by atoms with E-state index in [9.17, 15) is 4.79 Å². The van der Waals surface area contributed by atoms with E-state index in [1.807, 2.05) is 0 Å². The van der Waals surface area contributed by atoms with Gasteiger partial charge < -0.3 is 4.74 Å². The minimum atomic E-state index is -0.568. The number of ether oxygens (including phenoxy) is 1. The highest BCUT2D eigenvalue weighted by Gasteiger charge is 2.17. The molecule has 1 amide bonds. The van der Waals surface area contributed by atoms with Crippen molar-refractivity contribution in [3.63, 3.8) is 0 Å². The fourth-order valence-corrected chi connectivity index (χ4v) is 1.55. The number of amides is 1. The molecule has 1 unspecified atom stereocenters. The van der Waals surface area contributed by atoms with E-state index in [0.29, 0.717) is 10.7 Å². The lowest BCUT2D eigenvalue weighted by Gasteiger charge is -2.20. The smallest absolute Gasteiger partial charge is 0.412 e. The Kier molecular flexibility index (Phi) is 5.17. The minimum absolute atomic E-state index is 0.295. The van der Waals surface area contributed by atoms with Gasteiger partial charge in [0.25, 0.3) is 0 Å². The van der Waals surface area contributed by atoms with Crippen molar-refractivity contribution in [3.05, 3.63) is 28.8 Å². The Hall–Kier alpha value is -1.30. The molecule has 0 aromatic heterocycles. The largest absolute Gasteiger partial charge is 0.444 e. The third kappa shape index (κ3) is 5.06. The Balaban J connectivity index is 2.85. The van der Waals surface area contributed by atoms with Crippen LogP contribution >= 0.6 is 11.6 Å². The molecule has 1 rings (SSSR count). The molecule has 0 heterocycles. The average molecular weight is 287 g/mol. The molecule has 0 bridgehead atoms. The van der Waals surface area contributed by atoms with E-state index in [0.717, 1.165) is 5.56 Å². The van der Waals surface area contributed by atoms with Gasteiger partial charge in [-0.3, -0.25) is 10.2 Å². The molecule has 0 aliphatic carbocycles. The van der Waals surface area contributed by atoms with Crippen LogP contribution in [0.2, 0.25) is 5.02 Å². The molecule has 0 spiro atoms. The van der Waals surface area contributed by atoms with Gasteiger partial charge in [-0.1, -0.05) is 17.7 Å². The van der Waals surface area contributed by atoms with E-state index in [1.165, 1.54) is 0 Å². The molecule has 0 aliphatic heterocycles. The van der Waals surface area contributed by atoms with Gasteiger partial charge in [-0.05, 0) is 45.4 Å². The zero-order valence-electron chi connectivity index (χ0n) is 11.5. The molecule has 0 saturated carbocycles. The summed E-state index contributed by atoms with van der Waals surface area (Å²) >= 11 is 6.02. The van der Waals surface area contributed by atoms with Crippen LogP contribution in [0.1, 0.15) is 39.4 Å². The van der Waals surface area contributed by atoms with Gasteiger partial charge in [0.2, 0.25) is 0 Å². The van der Waals surface area contributed by atoms with Gasteiger partial charge in [-0.25, -0.2) is 10.7 Å². The second-order valence-corrected chi connectivity index (χ2v) is 5.55. The summed E-state index contributed by atoms with van der Waals surface area (Å²) in [6.45, 7) is 7.15. The second kappa shape index (κ2) is 6.23. The molecule has 0 saturated heterocycles. The lowest BCUT2D eigenvalue weighted by atomic mass is 10.1. The predicted octanol–water partition coefficient (Wildman–Crippen LogP) is 3.64. The molecule has 0 radical (unpaired) electrons. The molecular formula is C13H19ClN2O3. The van der Waals surface area contributed by atoms with E-state index in [1.54, 1.807) is 45.9 Å². The van der Waals surface area contributed by atoms with Crippen LogP contribution in [-0.2, 0) is 9.57 Å². The fraction of sp³-hybridized carbons (Fsp3) is 0.462. The van der Waals surface area contributed by atoms with Crippen molar-refractivity contribution in [2.24, 2.45) is 5.90 Å². The van der Waals surface area contributed by atoms with Crippen molar-refractivity contribution < 1.29 is 14.4 Å². The number of halogens is 1. The van der Waals surface area contributed by atoms with Crippen LogP contribution in [0.4, 0.5) is 10.5 Å². The minimum Gasteiger partial charge on any atom is -0.444 e. The second-order valence-electron chi connectivity index (χ2n) is 5.14. The summed E-state index contributed by atoms with van der Waals surface area (Å²) in [5.41, 5.74) is 0.692. The quantitative estimate of drug-likeness (QED) is 0.832. The van der Waals surface area contributed by atoms with Crippen LogP contribution in [0.25, 0.3) is 0 Å². The first-order valence-electron chi connectivity index (χ1n) is 5.88. The Labute approximate surface area is 118 Å². The normalized spacial score (nSPS) is 12.9. The predicted molar refractivity (Wildman–Crippen MR) is 75.0 cm³/mol.